The van der Waals surface area contributed by atoms with Gasteiger partial charge in [-0.05, 0) is 41.5 Å². The van der Waals surface area contributed by atoms with Gasteiger partial charge in [0.2, 0.25) is 16.8 Å². The summed E-state index contributed by atoms with van der Waals surface area (Å²) in [4.78, 5) is 3.87. The van der Waals surface area contributed by atoms with Crippen molar-refractivity contribution in [2.45, 2.75) is 6.54 Å². The fraction of sp³-hybridized carbons (Fsp3) is 0.133. The number of ether oxygens (including phenoxy) is 2. The van der Waals surface area contributed by atoms with Crippen molar-refractivity contribution in [1.29, 1.82) is 0 Å². The van der Waals surface area contributed by atoms with Crippen LogP contribution < -0.4 is 14.2 Å². The van der Waals surface area contributed by atoms with Crippen molar-refractivity contribution in [2.75, 3.05) is 6.79 Å². The molecule has 3 rings (SSSR count). The van der Waals surface area contributed by atoms with E-state index in [0.717, 1.165) is 16.5 Å². The Labute approximate surface area is 128 Å². The predicted octanol–water partition coefficient (Wildman–Crippen LogP) is 1.90. The number of nitrogens with one attached hydrogen (secondary N) is 1. The lowest BCUT2D eigenvalue weighted by atomic mass is 10.2. The van der Waals surface area contributed by atoms with Crippen molar-refractivity contribution in [1.82, 2.24) is 9.71 Å². The number of pyridine rings is 1. The molecule has 0 radical (unpaired) electrons. The molecule has 2 heterocycles. The molecule has 1 aromatic carbocycles. The molecule has 6 nitrogen and oxygen atoms in total. The molecule has 0 aliphatic carbocycles. The lowest BCUT2D eigenvalue weighted by Gasteiger charge is -2.04. The minimum atomic E-state index is -3.52. The van der Waals surface area contributed by atoms with E-state index in [-0.39, 0.29) is 13.3 Å². The molecule has 0 atom stereocenters. The lowest BCUT2D eigenvalue weighted by Crippen LogP contribution is -2.20. The van der Waals surface area contributed by atoms with Gasteiger partial charge in [-0.15, -0.1) is 0 Å². The molecule has 0 bridgehead atoms. The Morgan fingerprint density at radius 1 is 1.14 bits per heavy atom. The largest absolute Gasteiger partial charge is 0.454 e. The second-order valence-electron chi connectivity index (χ2n) is 4.64. The van der Waals surface area contributed by atoms with Crippen LogP contribution in [0.15, 0.2) is 48.1 Å². The Kier molecular flexibility index (Phi) is 4.08. The minimum absolute atomic E-state index is 0.180. The number of hydrogen-bond donors (Lipinski definition) is 1. The van der Waals surface area contributed by atoms with Crippen LogP contribution in [-0.4, -0.2) is 20.2 Å². The van der Waals surface area contributed by atoms with Gasteiger partial charge in [-0.2, -0.15) is 0 Å². The van der Waals surface area contributed by atoms with Crippen LogP contribution in [0, 0.1) is 0 Å². The zero-order valence-electron chi connectivity index (χ0n) is 11.6. The van der Waals surface area contributed by atoms with E-state index in [4.69, 9.17) is 9.47 Å². The van der Waals surface area contributed by atoms with Crippen molar-refractivity contribution >= 4 is 16.1 Å². The van der Waals surface area contributed by atoms with Crippen molar-refractivity contribution in [2.24, 2.45) is 0 Å². The number of rotatable bonds is 5. The highest BCUT2D eigenvalue weighted by atomic mass is 32.2. The molecule has 1 N–H and O–H groups in total. The van der Waals surface area contributed by atoms with Crippen LogP contribution in [0.2, 0.25) is 0 Å². The first-order chi connectivity index (χ1) is 10.6. The van der Waals surface area contributed by atoms with Gasteiger partial charge >= 0.3 is 0 Å². The first-order valence-electron chi connectivity index (χ1n) is 6.59. The molecular weight excluding hydrogens is 304 g/mol. The molecule has 1 aliphatic rings. The maximum absolute atomic E-state index is 11.9. The molecule has 22 heavy (non-hydrogen) atoms. The van der Waals surface area contributed by atoms with Crippen LogP contribution in [0.5, 0.6) is 11.5 Å². The van der Waals surface area contributed by atoms with Gasteiger partial charge in [0, 0.05) is 24.3 Å². The van der Waals surface area contributed by atoms with E-state index < -0.39 is 10.0 Å². The maximum Gasteiger partial charge on any atom is 0.234 e. The van der Waals surface area contributed by atoms with E-state index in [1.807, 2.05) is 0 Å². The van der Waals surface area contributed by atoms with Crippen LogP contribution in [-0.2, 0) is 16.6 Å². The standard InChI is InChI=1S/C15H14N2O4S/c18-22(19,8-5-12-3-6-16-7-4-12)17-10-13-1-2-14-15(9-13)21-11-20-14/h1-9,17H,10-11H2. The Morgan fingerprint density at radius 3 is 2.73 bits per heavy atom. The molecular formula is C15H14N2O4S. The second kappa shape index (κ2) is 6.17. The highest BCUT2D eigenvalue weighted by molar-refractivity contribution is 7.92. The number of nitrogens with zero attached hydrogens (tertiary/aromatic N) is 1. The Bertz CT molecular complexity index is 788. The number of aromatic nitrogens is 1. The number of sulfonamides is 1. The van der Waals surface area contributed by atoms with Gasteiger partial charge in [-0.1, -0.05) is 6.07 Å². The first-order valence-corrected chi connectivity index (χ1v) is 8.13. The van der Waals surface area contributed by atoms with Crippen molar-refractivity contribution < 1.29 is 17.9 Å². The fourth-order valence-electron chi connectivity index (χ4n) is 1.93. The van der Waals surface area contributed by atoms with Gasteiger partial charge in [0.25, 0.3) is 0 Å². The Balaban J connectivity index is 1.64. The monoisotopic (exact) mass is 318 g/mol. The minimum Gasteiger partial charge on any atom is -0.454 e. The van der Waals surface area contributed by atoms with Crippen LogP contribution in [0.4, 0.5) is 0 Å². The Morgan fingerprint density at radius 2 is 1.91 bits per heavy atom. The summed E-state index contributed by atoms with van der Waals surface area (Å²) in [6, 6.07) is 8.77. The number of hydrogen-bond acceptors (Lipinski definition) is 5. The molecule has 0 saturated carbocycles. The predicted molar refractivity (Wildman–Crippen MR) is 81.6 cm³/mol. The van der Waals surface area contributed by atoms with Crippen LogP contribution >= 0.6 is 0 Å². The van der Waals surface area contributed by atoms with Crippen molar-refractivity contribution in [3.8, 4) is 11.5 Å². The SMILES string of the molecule is O=S(=O)(C=Cc1ccncc1)NCc1ccc2c(c1)OCO2. The van der Waals surface area contributed by atoms with Gasteiger partial charge in [0.15, 0.2) is 11.5 Å². The third kappa shape index (κ3) is 3.63. The summed E-state index contributed by atoms with van der Waals surface area (Å²) in [6.45, 7) is 0.374. The molecule has 0 fully saturated rings. The van der Waals surface area contributed by atoms with Gasteiger partial charge < -0.3 is 9.47 Å². The zero-order chi connectivity index (χ0) is 15.4. The summed E-state index contributed by atoms with van der Waals surface area (Å²) in [5, 5.41) is 1.13. The molecule has 1 aliphatic heterocycles. The summed E-state index contributed by atoms with van der Waals surface area (Å²) < 4.78 is 36.9. The van der Waals surface area contributed by atoms with Gasteiger partial charge in [0.05, 0.1) is 0 Å². The summed E-state index contributed by atoms with van der Waals surface area (Å²) in [5.41, 5.74) is 1.56. The first kappa shape index (κ1) is 14.6. The molecule has 0 spiro atoms. The highest BCUT2D eigenvalue weighted by Gasteiger charge is 2.13. The van der Waals surface area contributed by atoms with E-state index in [1.165, 1.54) is 6.08 Å². The molecule has 2 aromatic rings. The van der Waals surface area contributed by atoms with Crippen molar-refractivity contribution in [3.63, 3.8) is 0 Å². The Hall–Kier alpha value is -2.38. The quantitative estimate of drug-likeness (QED) is 0.911. The average molecular weight is 318 g/mol. The smallest absolute Gasteiger partial charge is 0.234 e. The van der Waals surface area contributed by atoms with Crippen LogP contribution in [0.3, 0.4) is 0 Å². The fourth-order valence-corrected chi connectivity index (χ4v) is 2.73. The summed E-state index contributed by atoms with van der Waals surface area (Å²) >= 11 is 0. The topological polar surface area (TPSA) is 77.5 Å². The molecule has 0 amide bonds. The van der Waals surface area contributed by atoms with Crippen LogP contribution in [0.25, 0.3) is 6.08 Å². The van der Waals surface area contributed by atoms with E-state index in [9.17, 15) is 8.42 Å². The molecule has 0 saturated heterocycles. The molecule has 114 valence electrons. The second-order valence-corrected chi connectivity index (χ2v) is 6.29. The number of fused-ring (bicyclic) bond motifs is 1. The molecule has 1 aromatic heterocycles. The average Bonchev–Trinajstić information content (AvgIpc) is 3.00. The van der Waals surface area contributed by atoms with E-state index in [0.29, 0.717) is 11.5 Å². The maximum atomic E-state index is 11.9. The highest BCUT2D eigenvalue weighted by Crippen LogP contribution is 2.32. The normalized spacial score (nSPS) is 13.6. The third-order valence-electron chi connectivity index (χ3n) is 3.06. The summed E-state index contributed by atoms with van der Waals surface area (Å²) in [6.07, 6.45) is 4.72. The van der Waals surface area contributed by atoms with Crippen LogP contribution in [0.1, 0.15) is 11.1 Å². The zero-order valence-corrected chi connectivity index (χ0v) is 12.4. The van der Waals surface area contributed by atoms with E-state index in [1.54, 1.807) is 42.7 Å². The molecule has 0 unspecified atom stereocenters. The number of benzene rings is 1. The van der Waals surface area contributed by atoms with E-state index >= 15 is 0 Å². The summed E-state index contributed by atoms with van der Waals surface area (Å²) in [7, 11) is -3.52. The molecule has 7 heteroatoms. The van der Waals surface area contributed by atoms with Gasteiger partial charge in [-0.25, -0.2) is 13.1 Å². The van der Waals surface area contributed by atoms with Gasteiger partial charge in [-0.3, -0.25) is 4.98 Å². The third-order valence-corrected chi connectivity index (χ3v) is 4.10. The summed E-state index contributed by atoms with van der Waals surface area (Å²) in [5.74, 6) is 1.30. The van der Waals surface area contributed by atoms with E-state index in [2.05, 4.69) is 9.71 Å². The lowest BCUT2D eigenvalue weighted by molar-refractivity contribution is 0.174. The van der Waals surface area contributed by atoms with Gasteiger partial charge in [0.1, 0.15) is 0 Å². The van der Waals surface area contributed by atoms with Crippen molar-refractivity contribution in [3.05, 3.63) is 59.3 Å².